The second-order valence-electron chi connectivity index (χ2n) is 7.99. The summed E-state index contributed by atoms with van der Waals surface area (Å²) in [6.07, 6.45) is 10.8. The summed E-state index contributed by atoms with van der Waals surface area (Å²) in [6.45, 7) is 5.42. The Bertz CT molecular complexity index is 855. The molecule has 6 heteroatoms. The molecule has 0 aliphatic heterocycles. The Morgan fingerprint density at radius 3 is 2.68 bits per heavy atom. The molecule has 1 fully saturated rings. The molecule has 3 heterocycles. The van der Waals surface area contributed by atoms with Gasteiger partial charge in [0.2, 0.25) is 0 Å². The third-order valence-corrected chi connectivity index (χ3v) is 6.84. The fraction of sp³-hybridized carbons (Fsp3) is 0.636. The van der Waals surface area contributed by atoms with E-state index in [9.17, 15) is 0 Å². The van der Waals surface area contributed by atoms with E-state index in [1.807, 2.05) is 17.8 Å². The van der Waals surface area contributed by atoms with E-state index in [1.165, 1.54) is 56.9 Å². The van der Waals surface area contributed by atoms with Gasteiger partial charge in [-0.1, -0.05) is 31.7 Å². The lowest BCUT2D eigenvalue weighted by Gasteiger charge is -2.22. The van der Waals surface area contributed by atoms with Crippen LogP contribution in [0.25, 0.3) is 16.8 Å². The Labute approximate surface area is 172 Å². The summed E-state index contributed by atoms with van der Waals surface area (Å²) in [7, 11) is 0. The van der Waals surface area contributed by atoms with Crippen LogP contribution in [-0.4, -0.2) is 45.8 Å². The Morgan fingerprint density at radius 1 is 1.00 bits per heavy atom. The number of rotatable bonds is 11. The first-order valence-corrected chi connectivity index (χ1v) is 12.0. The molecule has 4 rings (SSSR count). The Morgan fingerprint density at radius 2 is 1.82 bits per heavy atom. The smallest absolute Gasteiger partial charge is 0.140 e. The average molecular weight is 400 g/mol. The predicted molar refractivity (Wildman–Crippen MR) is 119 cm³/mol. The number of hydrogen-bond acceptors (Lipinski definition) is 5. The summed E-state index contributed by atoms with van der Waals surface area (Å²) >= 11 is 1.88. The van der Waals surface area contributed by atoms with Crippen molar-refractivity contribution in [2.24, 2.45) is 0 Å². The van der Waals surface area contributed by atoms with Crippen molar-refractivity contribution in [3.63, 3.8) is 0 Å². The van der Waals surface area contributed by atoms with Gasteiger partial charge >= 0.3 is 0 Å². The second kappa shape index (κ2) is 9.90. The van der Waals surface area contributed by atoms with Crippen molar-refractivity contribution in [1.29, 1.82) is 0 Å². The lowest BCUT2D eigenvalue weighted by molar-refractivity contribution is 0.372. The third kappa shape index (κ3) is 4.78. The highest BCUT2D eigenvalue weighted by atomic mass is 32.2. The van der Waals surface area contributed by atoms with E-state index in [4.69, 9.17) is 4.98 Å². The highest BCUT2D eigenvalue weighted by molar-refractivity contribution is 7.99. The normalized spacial score (nSPS) is 15.9. The summed E-state index contributed by atoms with van der Waals surface area (Å²) in [5.74, 6) is 1.13. The number of nitrogens with one attached hydrogen (secondary N) is 2. The summed E-state index contributed by atoms with van der Waals surface area (Å²) in [6, 6.07) is 6.94. The Kier molecular flexibility index (Phi) is 7.04. The molecule has 0 bridgehead atoms. The minimum atomic E-state index is 0.776. The molecule has 0 unspecified atom stereocenters. The molecular formula is C22H33N5S. The number of imidazole rings is 2. The lowest BCUT2D eigenvalue weighted by Crippen LogP contribution is -2.36. The molecule has 0 radical (unpaired) electrons. The molecule has 0 spiro atoms. The monoisotopic (exact) mass is 399 g/mol. The van der Waals surface area contributed by atoms with E-state index in [-0.39, 0.29) is 0 Å². The maximum Gasteiger partial charge on any atom is 0.140 e. The summed E-state index contributed by atoms with van der Waals surface area (Å²) in [5.41, 5.74) is 4.31. The minimum absolute atomic E-state index is 0.776. The van der Waals surface area contributed by atoms with E-state index in [2.05, 4.69) is 39.1 Å². The van der Waals surface area contributed by atoms with Crippen molar-refractivity contribution in [2.45, 2.75) is 69.4 Å². The average Bonchev–Trinajstić information content (AvgIpc) is 3.26. The van der Waals surface area contributed by atoms with Crippen molar-refractivity contribution in [3.8, 4) is 0 Å². The number of hydrogen-bond donors (Lipinski definition) is 2. The van der Waals surface area contributed by atoms with Crippen LogP contribution >= 0.6 is 11.8 Å². The van der Waals surface area contributed by atoms with Crippen molar-refractivity contribution >= 4 is 28.6 Å². The van der Waals surface area contributed by atoms with Crippen LogP contribution in [0.15, 0.2) is 23.2 Å². The molecule has 0 amide bonds. The summed E-state index contributed by atoms with van der Waals surface area (Å²) in [5, 5.41) is 8.41. The van der Waals surface area contributed by atoms with Gasteiger partial charge in [-0.2, -0.15) is 0 Å². The molecule has 1 aliphatic carbocycles. The Balaban J connectivity index is 1.09. The summed E-state index contributed by atoms with van der Waals surface area (Å²) in [4.78, 5) is 9.46. The van der Waals surface area contributed by atoms with Gasteiger partial charge in [0.15, 0.2) is 0 Å². The first-order valence-electron chi connectivity index (χ1n) is 11.0. The molecule has 2 N–H and O–H groups in total. The second-order valence-corrected chi connectivity index (χ2v) is 9.07. The number of unbranched alkanes of at least 4 members (excludes halogenated alkanes) is 2. The van der Waals surface area contributed by atoms with E-state index < -0.39 is 0 Å². The van der Waals surface area contributed by atoms with Gasteiger partial charge in [-0.25, -0.2) is 9.97 Å². The molecule has 0 saturated heterocycles. The molecule has 0 atom stereocenters. The van der Waals surface area contributed by atoms with Gasteiger partial charge in [0, 0.05) is 19.1 Å². The topological polar surface area (TPSA) is 54.2 Å². The third-order valence-electron chi connectivity index (χ3n) is 5.79. The predicted octanol–water partition coefficient (Wildman–Crippen LogP) is 4.40. The van der Waals surface area contributed by atoms with Gasteiger partial charge in [0.05, 0.1) is 5.69 Å². The number of aryl methyl sites for hydroxylation is 1. The molecule has 1 saturated carbocycles. The zero-order chi connectivity index (χ0) is 19.2. The van der Waals surface area contributed by atoms with Crippen LogP contribution in [-0.2, 0) is 0 Å². The molecule has 0 aromatic carbocycles. The fourth-order valence-corrected chi connectivity index (χ4v) is 5.35. The fourth-order valence-electron chi connectivity index (χ4n) is 4.28. The first kappa shape index (κ1) is 19.9. The van der Waals surface area contributed by atoms with Crippen LogP contribution in [0.2, 0.25) is 0 Å². The van der Waals surface area contributed by atoms with Crippen LogP contribution in [0, 0.1) is 6.92 Å². The Hall–Kier alpha value is -1.37. The van der Waals surface area contributed by atoms with Gasteiger partial charge in [0.25, 0.3) is 0 Å². The van der Waals surface area contributed by atoms with Gasteiger partial charge < -0.3 is 10.6 Å². The molecule has 3 aromatic heterocycles. The van der Waals surface area contributed by atoms with Crippen molar-refractivity contribution in [3.05, 3.63) is 23.9 Å². The van der Waals surface area contributed by atoms with Crippen LogP contribution in [0.1, 0.15) is 57.1 Å². The maximum atomic E-state index is 4.81. The molecule has 1 aliphatic rings. The first-order chi connectivity index (χ1) is 13.8. The molecule has 5 nitrogen and oxygen atoms in total. The zero-order valence-electron chi connectivity index (χ0n) is 17.0. The number of pyridine rings is 1. The zero-order valence-corrected chi connectivity index (χ0v) is 17.9. The molecule has 28 heavy (non-hydrogen) atoms. The lowest BCUT2D eigenvalue weighted by atomic mass is 9.95. The van der Waals surface area contributed by atoms with Crippen LogP contribution in [0.5, 0.6) is 0 Å². The van der Waals surface area contributed by atoms with E-state index in [0.29, 0.717) is 0 Å². The van der Waals surface area contributed by atoms with Gasteiger partial charge in [-0.05, 0) is 57.0 Å². The van der Waals surface area contributed by atoms with Crippen molar-refractivity contribution < 1.29 is 0 Å². The summed E-state index contributed by atoms with van der Waals surface area (Å²) < 4.78 is 2.18. The van der Waals surface area contributed by atoms with E-state index >= 15 is 0 Å². The van der Waals surface area contributed by atoms with Gasteiger partial charge in [-0.3, -0.25) is 4.40 Å². The minimum Gasteiger partial charge on any atom is -0.315 e. The maximum absolute atomic E-state index is 4.81. The van der Waals surface area contributed by atoms with Gasteiger partial charge in [0.1, 0.15) is 21.8 Å². The molecular weight excluding hydrogens is 366 g/mol. The molecule has 152 valence electrons. The largest absolute Gasteiger partial charge is 0.315 e. The van der Waals surface area contributed by atoms with Crippen LogP contribution in [0.4, 0.5) is 0 Å². The van der Waals surface area contributed by atoms with Crippen molar-refractivity contribution in [1.82, 2.24) is 25.0 Å². The standard InChI is InChI=1S/C22H33N5S/c1-17-21-22(26-20-12-8-11-19(25-17)27(20)21)28-16-7-3-6-13-23-14-15-24-18-9-4-2-5-10-18/h8,11-12,18,23-24H,2-7,9-10,13-16H2,1H3. The van der Waals surface area contributed by atoms with E-state index in [0.717, 1.165) is 53.4 Å². The highest BCUT2D eigenvalue weighted by Crippen LogP contribution is 2.30. The molecule has 3 aromatic rings. The highest BCUT2D eigenvalue weighted by Gasteiger charge is 2.15. The number of nitrogens with zero attached hydrogens (tertiary/aromatic N) is 3. The van der Waals surface area contributed by atoms with Crippen molar-refractivity contribution in [2.75, 3.05) is 25.4 Å². The SMILES string of the molecule is Cc1nc2cccc3nc(SCCCCCNCCNC4CCCCC4)c1n23. The number of aromatic nitrogens is 3. The van der Waals surface area contributed by atoms with Gasteiger partial charge in [-0.15, -0.1) is 11.8 Å². The van der Waals surface area contributed by atoms with Crippen LogP contribution < -0.4 is 10.6 Å². The quantitative estimate of drug-likeness (QED) is 0.370. The van der Waals surface area contributed by atoms with E-state index in [1.54, 1.807) is 0 Å². The number of thioether (sulfide) groups is 1. The van der Waals surface area contributed by atoms with Crippen LogP contribution in [0.3, 0.4) is 0 Å².